The average molecular weight is 454 g/mol. The van der Waals surface area contributed by atoms with Crippen LogP contribution < -0.4 is 0 Å². The number of hydrogen-bond donors (Lipinski definition) is 0. The van der Waals surface area contributed by atoms with E-state index < -0.39 is 35.1 Å². The van der Waals surface area contributed by atoms with E-state index in [4.69, 9.17) is 0 Å². The Bertz CT molecular complexity index is 742. The summed E-state index contributed by atoms with van der Waals surface area (Å²) in [7, 11) is 1.37. The molecule has 0 atom stereocenters. The van der Waals surface area contributed by atoms with Crippen molar-refractivity contribution in [2.75, 3.05) is 13.6 Å². The van der Waals surface area contributed by atoms with Gasteiger partial charge in [0.15, 0.2) is 0 Å². The van der Waals surface area contributed by atoms with E-state index in [1.807, 2.05) is 0 Å². The van der Waals surface area contributed by atoms with Crippen LogP contribution in [0, 0.1) is 11.3 Å². The van der Waals surface area contributed by atoms with Gasteiger partial charge in [-0.2, -0.15) is 0 Å². The standard InChI is InChI=1S/C23H39N3O6/c1-10-17(27)25(11-2)22(32)23(7,8)14-20(30)26(16(5)6)19(29)13-12-18(28)24(9)21(31)15(3)4/h15-16H,10-14H2,1-9H3. The second-order valence-electron chi connectivity index (χ2n) is 9.05. The fourth-order valence-corrected chi connectivity index (χ4v) is 3.26. The van der Waals surface area contributed by atoms with Gasteiger partial charge in [-0.3, -0.25) is 43.5 Å². The van der Waals surface area contributed by atoms with Crippen LogP contribution in [-0.2, 0) is 28.8 Å². The molecule has 0 aliphatic heterocycles. The van der Waals surface area contributed by atoms with E-state index in [2.05, 4.69) is 0 Å². The molecular formula is C23H39N3O6. The number of amides is 6. The van der Waals surface area contributed by atoms with Crippen molar-refractivity contribution < 1.29 is 28.8 Å². The maximum absolute atomic E-state index is 13.0. The third-order valence-corrected chi connectivity index (χ3v) is 5.14. The van der Waals surface area contributed by atoms with Crippen LogP contribution in [0.25, 0.3) is 0 Å². The Balaban J connectivity index is 5.34. The lowest BCUT2D eigenvalue weighted by molar-refractivity contribution is -0.156. The van der Waals surface area contributed by atoms with Gasteiger partial charge >= 0.3 is 0 Å². The Labute approximate surface area is 191 Å². The highest BCUT2D eigenvalue weighted by Gasteiger charge is 2.38. The smallest absolute Gasteiger partial charge is 0.235 e. The minimum Gasteiger partial charge on any atom is -0.286 e. The molecule has 0 fully saturated rings. The Kier molecular flexibility index (Phi) is 11.5. The van der Waals surface area contributed by atoms with Gasteiger partial charge in [0.2, 0.25) is 35.4 Å². The van der Waals surface area contributed by atoms with Gasteiger partial charge < -0.3 is 0 Å². The van der Waals surface area contributed by atoms with E-state index >= 15 is 0 Å². The Hall–Kier alpha value is -2.58. The van der Waals surface area contributed by atoms with Crippen LogP contribution in [0.3, 0.4) is 0 Å². The maximum Gasteiger partial charge on any atom is 0.235 e. The molecule has 9 nitrogen and oxygen atoms in total. The number of imide groups is 3. The Morgan fingerprint density at radius 3 is 1.69 bits per heavy atom. The SMILES string of the molecule is CCC(=O)N(CC)C(=O)C(C)(C)CC(=O)N(C(=O)CCC(=O)N(C)C(=O)C(C)C)C(C)C. The maximum atomic E-state index is 13.0. The van der Waals surface area contributed by atoms with Gasteiger partial charge in [-0.15, -0.1) is 0 Å². The number of hydrogen-bond acceptors (Lipinski definition) is 6. The predicted molar refractivity (Wildman–Crippen MR) is 120 cm³/mol. The van der Waals surface area contributed by atoms with E-state index in [1.165, 1.54) is 7.05 Å². The van der Waals surface area contributed by atoms with Gasteiger partial charge in [-0.25, -0.2) is 0 Å². The summed E-state index contributed by atoms with van der Waals surface area (Å²) in [5, 5.41) is 0. The van der Waals surface area contributed by atoms with E-state index in [0.717, 1.165) is 14.7 Å². The minimum absolute atomic E-state index is 0.169. The second-order valence-corrected chi connectivity index (χ2v) is 9.05. The van der Waals surface area contributed by atoms with Crippen molar-refractivity contribution in [2.45, 2.75) is 87.1 Å². The predicted octanol–water partition coefficient (Wildman–Crippen LogP) is 2.37. The molecular weight excluding hydrogens is 414 g/mol. The molecule has 6 amide bonds. The van der Waals surface area contributed by atoms with Crippen molar-refractivity contribution in [3.63, 3.8) is 0 Å². The van der Waals surface area contributed by atoms with Crippen molar-refractivity contribution in [2.24, 2.45) is 11.3 Å². The fourth-order valence-electron chi connectivity index (χ4n) is 3.26. The summed E-state index contributed by atoms with van der Waals surface area (Å²) in [4.78, 5) is 78.0. The molecule has 0 rings (SSSR count). The van der Waals surface area contributed by atoms with E-state index in [0.29, 0.717) is 0 Å². The van der Waals surface area contributed by atoms with Crippen molar-refractivity contribution in [1.29, 1.82) is 0 Å². The molecule has 0 saturated carbocycles. The van der Waals surface area contributed by atoms with E-state index in [9.17, 15) is 28.8 Å². The van der Waals surface area contributed by atoms with Gasteiger partial charge in [-0.05, 0) is 20.8 Å². The summed E-state index contributed by atoms with van der Waals surface area (Å²) in [5.74, 6) is -3.10. The largest absolute Gasteiger partial charge is 0.286 e. The van der Waals surface area contributed by atoms with Crippen LogP contribution in [0.5, 0.6) is 0 Å². The third-order valence-electron chi connectivity index (χ3n) is 5.14. The molecule has 0 heterocycles. The van der Waals surface area contributed by atoms with Crippen LogP contribution in [0.2, 0.25) is 0 Å². The number of carbonyl (C=O) groups excluding carboxylic acids is 6. The molecule has 0 aliphatic carbocycles. The molecule has 0 saturated heterocycles. The molecule has 0 unspecified atom stereocenters. The van der Waals surface area contributed by atoms with Gasteiger partial charge in [0, 0.05) is 51.2 Å². The topological polar surface area (TPSA) is 112 Å². The van der Waals surface area contributed by atoms with Crippen LogP contribution in [0.1, 0.15) is 81.1 Å². The summed E-state index contributed by atoms with van der Waals surface area (Å²) in [6.07, 6.45) is -0.533. The molecule has 0 N–H and O–H groups in total. The zero-order valence-electron chi connectivity index (χ0n) is 21.0. The number of nitrogens with zero attached hydrogens (tertiary/aromatic N) is 3. The summed E-state index contributed by atoms with van der Waals surface area (Å²) in [6.45, 7) is 13.4. The van der Waals surface area contributed by atoms with Crippen molar-refractivity contribution in [3.05, 3.63) is 0 Å². The molecule has 0 spiro atoms. The normalized spacial score (nSPS) is 11.3. The second kappa shape index (κ2) is 12.5. The zero-order valence-corrected chi connectivity index (χ0v) is 21.0. The van der Waals surface area contributed by atoms with Crippen LogP contribution in [0.4, 0.5) is 0 Å². The van der Waals surface area contributed by atoms with Crippen molar-refractivity contribution >= 4 is 35.4 Å². The molecule has 0 aromatic rings. The van der Waals surface area contributed by atoms with Gasteiger partial charge in [-0.1, -0.05) is 34.6 Å². The Morgan fingerprint density at radius 2 is 1.28 bits per heavy atom. The first kappa shape index (κ1) is 29.4. The lowest BCUT2D eigenvalue weighted by atomic mass is 9.86. The van der Waals surface area contributed by atoms with E-state index in [1.54, 1.807) is 55.4 Å². The molecule has 32 heavy (non-hydrogen) atoms. The van der Waals surface area contributed by atoms with Crippen LogP contribution in [0.15, 0.2) is 0 Å². The highest BCUT2D eigenvalue weighted by atomic mass is 16.2. The first-order valence-corrected chi connectivity index (χ1v) is 11.1. The molecule has 0 radical (unpaired) electrons. The molecule has 0 aromatic carbocycles. The van der Waals surface area contributed by atoms with Crippen LogP contribution in [-0.4, -0.2) is 69.8 Å². The van der Waals surface area contributed by atoms with Gasteiger partial charge in [0.25, 0.3) is 0 Å². The average Bonchev–Trinajstić information content (AvgIpc) is 2.70. The first-order chi connectivity index (χ1) is 14.6. The zero-order chi connectivity index (χ0) is 25.4. The number of carbonyl (C=O) groups is 6. The molecule has 182 valence electrons. The number of rotatable bonds is 10. The molecule has 0 aromatic heterocycles. The van der Waals surface area contributed by atoms with E-state index in [-0.39, 0.29) is 50.0 Å². The molecule has 0 aliphatic rings. The van der Waals surface area contributed by atoms with Gasteiger partial charge in [0.1, 0.15) is 0 Å². The monoisotopic (exact) mass is 453 g/mol. The first-order valence-electron chi connectivity index (χ1n) is 11.1. The van der Waals surface area contributed by atoms with Gasteiger partial charge in [0.05, 0.1) is 5.41 Å². The molecule has 0 bridgehead atoms. The van der Waals surface area contributed by atoms with Crippen LogP contribution >= 0.6 is 0 Å². The van der Waals surface area contributed by atoms with Crippen molar-refractivity contribution in [1.82, 2.24) is 14.7 Å². The summed E-state index contributed by atoms with van der Waals surface area (Å²) < 4.78 is 0. The van der Waals surface area contributed by atoms with Crippen molar-refractivity contribution in [3.8, 4) is 0 Å². The lowest BCUT2D eigenvalue weighted by Gasteiger charge is -2.32. The Morgan fingerprint density at radius 1 is 0.781 bits per heavy atom. The fraction of sp³-hybridized carbons (Fsp3) is 0.739. The quantitative estimate of drug-likeness (QED) is 0.502. The minimum atomic E-state index is -1.19. The summed E-state index contributed by atoms with van der Waals surface area (Å²) >= 11 is 0. The summed E-state index contributed by atoms with van der Waals surface area (Å²) in [5.41, 5.74) is -1.19. The highest BCUT2D eigenvalue weighted by Crippen LogP contribution is 2.26. The molecule has 9 heteroatoms. The highest BCUT2D eigenvalue weighted by molar-refractivity contribution is 6.03. The summed E-state index contributed by atoms with van der Waals surface area (Å²) in [6, 6.07) is -0.481. The third kappa shape index (κ3) is 7.84. The lowest BCUT2D eigenvalue weighted by Crippen LogP contribution is -2.49.